The maximum absolute atomic E-state index is 12.8. The Morgan fingerprint density at radius 2 is 1.82 bits per heavy atom. The average molecular weight is 453 g/mol. The van der Waals surface area contributed by atoms with E-state index in [2.05, 4.69) is 28.6 Å². The number of nitro benzene ring substituents is 1. The summed E-state index contributed by atoms with van der Waals surface area (Å²) in [6, 6.07) is 8.72. The largest absolute Gasteiger partial charge is 0.354 e. The van der Waals surface area contributed by atoms with Crippen molar-refractivity contribution in [1.29, 1.82) is 0 Å². The SMILES string of the molecule is CCc1cc(N2CCN(CC(=O)N3CCCCC3C)CC2)nc(-c2ccc([N+](=O)[O-])cc2)n1. The summed E-state index contributed by atoms with van der Waals surface area (Å²) in [5.74, 6) is 1.69. The van der Waals surface area contributed by atoms with Gasteiger partial charge in [-0.1, -0.05) is 6.92 Å². The number of piperidine rings is 1. The third kappa shape index (κ3) is 5.47. The van der Waals surface area contributed by atoms with Gasteiger partial charge >= 0.3 is 0 Å². The molecule has 3 heterocycles. The number of aryl methyl sites for hydroxylation is 1. The van der Waals surface area contributed by atoms with E-state index in [1.54, 1.807) is 12.1 Å². The van der Waals surface area contributed by atoms with Crippen molar-refractivity contribution in [2.75, 3.05) is 44.2 Å². The lowest BCUT2D eigenvalue weighted by Crippen LogP contribution is -2.52. The van der Waals surface area contributed by atoms with Crippen LogP contribution in [0.5, 0.6) is 0 Å². The van der Waals surface area contributed by atoms with Crippen LogP contribution in [-0.2, 0) is 11.2 Å². The van der Waals surface area contributed by atoms with Crippen molar-refractivity contribution < 1.29 is 9.72 Å². The number of rotatable bonds is 6. The number of aromatic nitrogens is 2. The Kier molecular flexibility index (Phi) is 7.17. The highest BCUT2D eigenvalue weighted by atomic mass is 16.6. The highest BCUT2D eigenvalue weighted by Gasteiger charge is 2.26. The molecule has 1 aromatic carbocycles. The summed E-state index contributed by atoms with van der Waals surface area (Å²) in [4.78, 5) is 39.3. The summed E-state index contributed by atoms with van der Waals surface area (Å²) in [7, 11) is 0. The minimum Gasteiger partial charge on any atom is -0.354 e. The van der Waals surface area contributed by atoms with E-state index in [0.29, 0.717) is 18.4 Å². The van der Waals surface area contributed by atoms with Crippen molar-refractivity contribution in [1.82, 2.24) is 19.8 Å². The summed E-state index contributed by atoms with van der Waals surface area (Å²) in [6.45, 7) is 8.78. The van der Waals surface area contributed by atoms with Crippen molar-refractivity contribution in [3.8, 4) is 11.4 Å². The first-order valence-corrected chi connectivity index (χ1v) is 11.8. The van der Waals surface area contributed by atoms with Crippen LogP contribution in [0.4, 0.5) is 11.5 Å². The molecule has 33 heavy (non-hydrogen) atoms. The molecule has 1 unspecified atom stereocenters. The number of hydrogen-bond donors (Lipinski definition) is 0. The Hall–Kier alpha value is -3.07. The molecule has 176 valence electrons. The van der Waals surface area contributed by atoms with Gasteiger partial charge in [-0.3, -0.25) is 19.8 Å². The fraction of sp³-hybridized carbons (Fsp3) is 0.542. The van der Waals surface area contributed by atoms with E-state index < -0.39 is 4.92 Å². The smallest absolute Gasteiger partial charge is 0.269 e. The molecule has 2 fully saturated rings. The fourth-order valence-electron chi connectivity index (χ4n) is 4.57. The first-order valence-electron chi connectivity index (χ1n) is 11.8. The van der Waals surface area contributed by atoms with E-state index in [4.69, 9.17) is 4.98 Å². The number of carbonyl (C=O) groups excluding carboxylic acids is 1. The van der Waals surface area contributed by atoms with Crippen molar-refractivity contribution in [3.05, 3.63) is 46.1 Å². The number of non-ortho nitro benzene ring substituents is 1. The molecule has 0 aliphatic carbocycles. The Morgan fingerprint density at radius 3 is 2.45 bits per heavy atom. The second-order valence-corrected chi connectivity index (χ2v) is 8.89. The van der Waals surface area contributed by atoms with Gasteiger partial charge in [0.05, 0.1) is 11.5 Å². The number of anilines is 1. The van der Waals surface area contributed by atoms with Gasteiger partial charge in [-0.15, -0.1) is 0 Å². The first kappa shape index (κ1) is 23.1. The molecule has 9 nitrogen and oxygen atoms in total. The van der Waals surface area contributed by atoms with Crippen LogP contribution in [0, 0.1) is 10.1 Å². The molecule has 2 saturated heterocycles. The van der Waals surface area contributed by atoms with Crippen LogP contribution in [0.15, 0.2) is 30.3 Å². The molecule has 1 atom stereocenters. The number of likely N-dealkylation sites (tertiary alicyclic amines) is 1. The van der Waals surface area contributed by atoms with Crippen LogP contribution >= 0.6 is 0 Å². The molecule has 0 N–H and O–H groups in total. The summed E-state index contributed by atoms with van der Waals surface area (Å²) >= 11 is 0. The van der Waals surface area contributed by atoms with Crippen LogP contribution in [0.2, 0.25) is 0 Å². The number of piperazine rings is 1. The molecule has 2 aliphatic heterocycles. The third-order valence-corrected chi connectivity index (χ3v) is 6.64. The van der Waals surface area contributed by atoms with Gasteiger partial charge in [-0.25, -0.2) is 9.97 Å². The molecule has 0 bridgehead atoms. The Labute approximate surface area is 194 Å². The molecule has 0 saturated carbocycles. The second kappa shape index (κ2) is 10.2. The molecule has 1 aromatic heterocycles. The molecule has 2 aromatic rings. The summed E-state index contributed by atoms with van der Waals surface area (Å²) in [5, 5.41) is 10.9. The predicted octanol–water partition coefficient (Wildman–Crippen LogP) is 3.14. The van der Waals surface area contributed by atoms with E-state index in [-0.39, 0.29) is 11.6 Å². The van der Waals surface area contributed by atoms with Crippen molar-refractivity contribution in [3.63, 3.8) is 0 Å². The third-order valence-electron chi connectivity index (χ3n) is 6.64. The number of nitrogens with zero attached hydrogens (tertiary/aromatic N) is 6. The highest BCUT2D eigenvalue weighted by Crippen LogP contribution is 2.24. The average Bonchev–Trinajstić information content (AvgIpc) is 2.84. The zero-order valence-corrected chi connectivity index (χ0v) is 19.4. The van der Waals surface area contributed by atoms with Gasteiger partial charge in [-0.2, -0.15) is 0 Å². The van der Waals surface area contributed by atoms with Crippen LogP contribution in [0.1, 0.15) is 38.8 Å². The maximum Gasteiger partial charge on any atom is 0.269 e. The van der Waals surface area contributed by atoms with Crippen LogP contribution in [-0.4, -0.2) is 75.9 Å². The summed E-state index contributed by atoms with van der Waals surface area (Å²) in [6.07, 6.45) is 4.20. The molecule has 9 heteroatoms. The number of amides is 1. The molecular weight excluding hydrogens is 420 g/mol. The van der Waals surface area contributed by atoms with Crippen LogP contribution < -0.4 is 4.90 Å². The van der Waals surface area contributed by atoms with E-state index in [9.17, 15) is 14.9 Å². The Morgan fingerprint density at radius 1 is 1.09 bits per heavy atom. The minimum atomic E-state index is -0.408. The molecular formula is C24H32N6O3. The standard InChI is InChI=1S/C24H32N6O3/c1-3-20-16-22(26-24(25-20)19-7-9-21(10-8-19)30(32)33)28-14-12-27(13-15-28)17-23(31)29-11-5-4-6-18(29)2/h7-10,16,18H,3-6,11-15,17H2,1-2H3. The van der Waals surface area contributed by atoms with Gasteiger partial charge in [-0.05, 0) is 44.7 Å². The number of benzene rings is 1. The van der Waals surface area contributed by atoms with Crippen molar-refractivity contribution >= 4 is 17.4 Å². The van der Waals surface area contributed by atoms with Gasteiger partial charge in [0.1, 0.15) is 5.82 Å². The van der Waals surface area contributed by atoms with Gasteiger partial charge < -0.3 is 9.80 Å². The molecule has 0 spiro atoms. The maximum atomic E-state index is 12.8. The molecule has 1 amide bonds. The number of carbonyl (C=O) groups is 1. The van der Waals surface area contributed by atoms with Crippen molar-refractivity contribution in [2.45, 2.75) is 45.6 Å². The van der Waals surface area contributed by atoms with Gasteiger partial charge in [0.15, 0.2) is 5.82 Å². The lowest BCUT2D eigenvalue weighted by Gasteiger charge is -2.38. The van der Waals surface area contributed by atoms with Gasteiger partial charge in [0.25, 0.3) is 5.69 Å². The Balaban J connectivity index is 1.42. The predicted molar refractivity (Wildman–Crippen MR) is 127 cm³/mol. The lowest BCUT2D eigenvalue weighted by molar-refractivity contribution is -0.384. The van der Waals surface area contributed by atoms with E-state index in [1.807, 2.05) is 11.0 Å². The minimum absolute atomic E-state index is 0.0511. The normalized spacial score (nSPS) is 19.5. The lowest BCUT2D eigenvalue weighted by atomic mass is 10.0. The van der Waals surface area contributed by atoms with Gasteiger partial charge in [0.2, 0.25) is 5.91 Å². The van der Waals surface area contributed by atoms with E-state index in [0.717, 1.165) is 69.1 Å². The topological polar surface area (TPSA) is 95.7 Å². The number of nitro groups is 1. The quantitative estimate of drug-likeness (QED) is 0.491. The highest BCUT2D eigenvalue weighted by molar-refractivity contribution is 5.78. The molecule has 2 aliphatic rings. The van der Waals surface area contributed by atoms with Crippen molar-refractivity contribution in [2.24, 2.45) is 0 Å². The fourth-order valence-corrected chi connectivity index (χ4v) is 4.57. The second-order valence-electron chi connectivity index (χ2n) is 8.89. The first-order chi connectivity index (χ1) is 15.9. The Bertz CT molecular complexity index is 988. The summed E-state index contributed by atoms with van der Waals surface area (Å²) in [5.41, 5.74) is 1.75. The van der Waals surface area contributed by atoms with Crippen LogP contribution in [0.25, 0.3) is 11.4 Å². The zero-order valence-electron chi connectivity index (χ0n) is 19.4. The molecule has 0 radical (unpaired) electrons. The monoisotopic (exact) mass is 452 g/mol. The molecule has 4 rings (SSSR count). The van der Waals surface area contributed by atoms with E-state index in [1.165, 1.54) is 18.6 Å². The van der Waals surface area contributed by atoms with E-state index >= 15 is 0 Å². The van der Waals surface area contributed by atoms with Gasteiger partial charge in [0, 0.05) is 68.2 Å². The number of hydrogen-bond acceptors (Lipinski definition) is 7. The zero-order chi connectivity index (χ0) is 23.4. The van der Waals surface area contributed by atoms with Crippen LogP contribution in [0.3, 0.4) is 0 Å². The summed E-state index contributed by atoms with van der Waals surface area (Å²) < 4.78 is 0.